The molecule has 2 aromatic rings. The summed E-state index contributed by atoms with van der Waals surface area (Å²) in [5, 5.41) is 2.70. The van der Waals surface area contributed by atoms with Crippen molar-refractivity contribution in [1.29, 1.82) is 0 Å². The zero-order valence-corrected chi connectivity index (χ0v) is 11.4. The van der Waals surface area contributed by atoms with Gasteiger partial charge in [0.15, 0.2) is 9.84 Å². The van der Waals surface area contributed by atoms with Crippen molar-refractivity contribution in [2.45, 2.75) is 4.90 Å². The van der Waals surface area contributed by atoms with E-state index >= 15 is 0 Å². The fraction of sp³-hybridized carbons (Fsp3) is 0.154. The van der Waals surface area contributed by atoms with Crippen LogP contribution in [0.15, 0.2) is 47.6 Å². The highest BCUT2D eigenvalue weighted by Crippen LogP contribution is 2.14. The molecule has 0 spiro atoms. The highest BCUT2D eigenvalue weighted by Gasteiger charge is 2.09. The minimum Gasteiger partial charge on any atom is -0.356 e. The summed E-state index contributed by atoms with van der Waals surface area (Å²) in [6, 6.07) is 7.78. The molecule has 0 atom stereocenters. The van der Waals surface area contributed by atoms with E-state index in [0.29, 0.717) is 11.3 Å². The molecular formula is C13H14N2O3S. The molecule has 0 fully saturated rings. The van der Waals surface area contributed by atoms with E-state index in [2.05, 4.69) is 5.32 Å². The van der Waals surface area contributed by atoms with Crippen LogP contribution in [0.1, 0.15) is 10.4 Å². The Morgan fingerprint density at radius 2 is 1.79 bits per heavy atom. The smallest absolute Gasteiger partial charge is 0.257 e. The Bertz CT molecular complexity index is 700. The maximum atomic E-state index is 11.9. The van der Waals surface area contributed by atoms with Gasteiger partial charge in [-0.3, -0.25) is 4.79 Å². The quantitative estimate of drug-likeness (QED) is 0.928. The van der Waals surface area contributed by atoms with Crippen molar-refractivity contribution >= 4 is 21.4 Å². The number of nitrogens with one attached hydrogen (secondary N) is 1. The van der Waals surface area contributed by atoms with Gasteiger partial charge in [0.25, 0.3) is 5.91 Å². The van der Waals surface area contributed by atoms with Crippen molar-refractivity contribution in [3.63, 3.8) is 0 Å². The minimum atomic E-state index is -3.21. The van der Waals surface area contributed by atoms with Crippen LogP contribution in [0.4, 0.5) is 5.69 Å². The van der Waals surface area contributed by atoms with Crippen molar-refractivity contribution in [1.82, 2.24) is 4.57 Å². The molecule has 1 aromatic heterocycles. The SMILES string of the molecule is Cn1ccc(C(=O)Nc2ccc(S(C)(=O)=O)cc2)c1. The summed E-state index contributed by atoms with van der Waals surface area (Å²) in [5.74, 6) is -0.229. The number of nitrogens with zero attached hydrogens (tertiary/aromatic N) is 1. The lowest BCUT2D eigenvalue weighted by Gasteiger charge is -2.04. The van der Waals surface area contributed by atoms with Gasteiger partial charge in [-0.1, -0.05) is 0 Å². The summed E-state index contributed by atoms with van der Waals surface area (Å²) in [5.41, 5.74) is 1.11. The van der Waals surface area contributed by atoms with Crippen LogP contribution in [0.5, 0.6) is 0 Å². The molecule has 5 nitrogen and oxygen atoms in total. The number of sulfone groups is 1. The van der Waals surface area contributed by atoms with Gasteiger partial charge in [0.1, 0.15) is 0 Å². The molecular weight excluding hydrogens is 264 g/mol. The lowest BCUT2D eigenvalue weighted by Crippen LogP contribution is -2.11. The molecule has 19 heavy (non-hydrogen) atoms. The number of aromatic nitrogens is 1. The van der Waals surface area contributed by atoms with Crippen LogP contribution in [0.2, 0.25) is 0 Å². The van der Waals surface area contributed by atoms with Crippen molar-refractivity contribution < 1.29 is 13.2 Å². The van der Waals surface area contributed by atoms with E-state index in [4.69, 9.17) is 0 Å². The average Bonchev–Trinajstić information content (AvgIpc) is 2.75. The molecule has 1 N–H and O–H groups in total. The predicted molar refractivity (Wildman–Crippen MR) is 72.9 cm³/mol. The molecule has 1 heterocycles. The zero-order chi connectivity index (χ0) is 14.0. The van der Waals surface area contributed by atoms with Crippen molar-refractivity contribution in [2.75, 3.05) is 11.6 Å². The number of rotatable bonds is 3. The van der Waals surface area contributed by atoms with Crippen LogP contribution in [0.25, 0.3) is 0 Å². The molecule has 0 aliphatic heterocycles. The summed E-state index contributed by atoms with van der Waals surface area (Å²) < 4.78 is 24.4. The number of hydrogen-bond acceptors (Lipinski definition) is 3. The summed E-state index contributed by atoms with van der Waals surface area (Å²) in [7, 11) is -1.38. The van der Waals surface area contributed by atoms with Crippen molar-refractivity contribution in [2.24, 2.45) is 7.05 Å². The highest BCUT2D eigenvalue weighted by molar-refractivity contribution is 7.90. The number of anilines is 1. The molecule has 100 valence electrons. The zero-order valence-electron chi connectivity index (χ0n) is 10.6. The van der Waals surface area contributed by atoms with Gasteiger partial charge in [0, 0.05) is 31.4 Å². The normalized spacial score (nSPS) is 11.3. The summed E-state index contributed by atoms with van der Waals surface area (Å²) in [6.45, 7) is 0. The third-order valence-corrected chi connectivity index (χ3v) is 3.76. The first-order chi connectivity index (χ1) is 8.86. The van der Waals surface area contributed by atoms with E-state index < -0.39 is 9.84 Å². The number of carbonyl (C=O) groups excluding carboxylic acids is 1. The maximum Gasteiger partial charge on any atom is 0.257 e. The fourth-order valence-electron chi connectivity index (χ4n) is 1.63. The molecule has 1 aromatic carbocycles. The fourth-order valence-corrected chi connectivity index (χ4v) is 2.26. The molecule has 6 heteroatoms. The largest absolute Gasteiger partial charge is 0.356 e. The minimum absolute atomic E-state index is 0.227. The molecule has 0 saturated heterocycles. The summed E-state index contributed by atoms with van der Waals surface area (Å²) in [6.07, 6.45) is 4.63. The third-order valence-electron chi connectivity index (χ3n) is 2.63. The van der Waals surface area contributed by atoms with Crippen LogP contribution in [-0.2, 0) is 16.9 Å². The molecule has 1 amide bonds. The third kappa shape index (κ3) is 3.23. The Morgan fingerprint density at radius 3 is 2.26 bits per heavy atom. The number of hydrogen-bond donors (Lipinski definition) is 1. The van der Waals surface area contributed by atoms with Gasteiger partial charge in [-0.2, -0.15) is 0 Å². The first kappa shape index (κ1) is 13.4. The predicted octanol–water partition coefficient (Wildman–Crippen LogP) is 1.68. The lowest BCUT2D eigenvalue weighted by molar-refractivity contribution is 0.102. The number of carbonyl (C=O) groups is 1. The average molecular weight is 278 g/mol. The van der Waals surface area contributed by atoms with E-state index in [-0.39, 0.29) is 10.8 Å². The molecule has 0 saturated carbocycles. The standard InChI is InChI=1S/C13H14N2O3S/c1-15-8-7-10(9-15)13(16)14-11-3-5-12(6-4-11)19(2,17)18/h3-9H,1-2H3,(H,14,16). The Labute approximate surface area is 111 Å². The Hall–Kier alpha value is -2.08. The van der Waals surface area contributed by atoms with Crippen LogP contribution in [-0.4, -0.2) is 25.1 Å². The van der Waals surface area contributed by atoms with Gasteiger partial charge >= 0.3 is 0 Å². The van der Waals surface area contributed by atoms with E-state index in [1.54, 1.807) is 35.2 Å². The summed E-state index contributed by atoms with van der Waals surface area (Å²) in [4.78, 5) is 12.1. The first-order valence-corrected chi connectivity index (χ1v) is 7.49. The number of amides is 1. The first-order valence-electron chi connectivity index (χ1n) is 5.60. The van der Waals surface area contributed by atoms with Gasteiger partial charge in [-0.15, -0.1) is 0 Å². The van der Waals surface area contributed by atoms with Crippen molar-refractivity contribution in [3.8, 4) is 0 Å². The monoisotopic (exact) mass is 278 g/mol. The maximum absolute atomic E-state index is 11.9. The van der Waals surface area contributed by atoms with Gasteiger partial charge < -0.3 is 9.88 Å². The lowest BCUT2D eigenvalue weighted by atomic mass is 10.3. The second-order valence-electron chi connectivity index (χ2n) is 4.32. The molecule has 0 unspecified atom stereocenters. The van der Waals surface area contributed by atoms with Crippen molar-refractivity contribution in [3.05, 3.63) is 48.3 Å². The molecule has 0 radical (unpaired) electrons. The number of aryl methyl sites for hydroxylation is 1. The number of benzene rings is 1. The summed E-state index contributed by atoms with van der Waals surface area (Å²) >= 11 is 0. The van der Waals surface area contributed by atoms with Gasteiger partial charge in [-0.05, 0) is 30.3 Å². The van der Waals surface area contributed by atoms with E-state index in [9.17, 15) is 13.2 Å². The van der Waals surface area contributed by atoms with E-state index in [0.717, 1.165) is 6.26 Å². The second-order valence-corrected chi connectivity index (χ2v) is 6.33. The second kappa shape index (κ2) is 4.89. The molecule has 2 rings (SSSR count). The highest BCUT2D eigenvalue weighted by atomic mass is 32.2. The topological polar surface area (TPSA) is 68.2 Å². The Kier molecular flexibility index (Phi) is 3.44. The molecule has 0 bridgehead atoms. The van der Waals surface area contributed by atoms with Crippen LogP contribution in [0.3, 0.4) is 0 Å². The van der Waals surface area contributed by atoms with Crippen LogP contribution >= 0.6 is 0 Å². The Morgan fingerprint density at radius 1 is 1.16 bits per heavy atom. The molecule has 0 aliphatic rings. The van der Waals surface area contributed by atoms with Gasteiger partial charge in [0.2, 0.25) is 0 Å². The van der Waals surface area contributed by atoms with Gasteiger partial charge in [-0.25, -0.2) is 8.42 Å². The van der Waals surface area contributed by atoms with E-state index in [1.165, 1.54) is 12.1 Å². The van der Waals surface area contributed by atoms with Crippen LogP contribution in [0, 0.1) is 0 Å². The Balaban J connectivity index is 2.14. The van der Waals surface area contributed by atoms with Crippen LogP contribution < -0.4 is 5.32 Å². The van der Waals surface area contributed by atoms with Gasteiger partial charge in [0.05, 0.1) is 10.5 Å². The van der Waals surface area contributed by atoms with E-state index in [1.807, 2.05) is 7.05 Å². The molecule has 0 aliphatic carbocycles.